The van der Waals surface area contributed by atoms with Gasteiger partial charge in [-0.15, -0.1) is 0 Å². The van der Waals surface area contributed by atoms with E-state index in [9.17, 15) is 14.7 Å². The van der Waals surface area contributed by atoms with Gasteiger partial charge in [0.1, 0.15) is 17.3 Å². The second kappa shape index (κ2) is 9.59. The first kappa shape index (κ1) is 24.9. The lowest BCUT2D eigenvalue weighted by atomic mass is 9.93. The summed E-state index contributed by atoms with van der Waals surface area (Å²) in [6, 6.07) is 17.0. The summed E-state index contributed by atoms with van der Waals surface area (Å²) in [6.07, 6.45) is 0. The lowest BCUT2D eigenvalue weighted by Gasteiger charge is -2.24. The Morgan fingerprint density at radius 2 is 1.63 bits per heavy atom. The fourth-order valence-electron chi connectivity index (χ4n) is 4.71. The number of rotatable bonds is 6. The fraction of sp³-hybridized carbons (Fsp3) is 0.207. The van der Waals surface area contributed by atoms with Gasteiger partial charge in [0, 0.05) is 31.4 Å². The first-order valence-corrected chi connectivity index (χ1v) is 12.0. The van der Waals surface area contributed by atoms with Crippen LogP contribution in [0.4, 0.5) is 11.6 Å². The minimum Gasteiger partial charge on any atom is -0.507 e. The van der Waals surface area contributed by atoms with Crippen molar-refractivity contribution in [3.05, 3.63) is 82.9 Å². The maximum Gasteiger partial charge on any atom is 0.302 e. The highest BCUT2D eigenvalue weighted by Gasteiger charge is 2.48. The van der Waals surface area contributed by atoms with E-state index in [2.05, 4.69) is 9.97 Å². The quantitative estimate of drug-likeness (QED) is 0.221. The number of aliphatic hydroxyl groups excluding tert-OH is 1. The van der Waals surface area contributed by atoms with Crippen LogP contribution in [0.1, 0.15) is 22.7 Å². The molecule has 1 amide bonds. The number of H-pyrrole nitrogens is 1. The molecule has 0 saturated carbocycles. The monoisotopic (exact) mass is 512 g/mol. The van der Waals surface area contributed by atoms with E-state index in [0.717, 1.165) is 5.69 Å². The van der Waals surface area contributed by atoms with E-state index in [-0.39, 0.29) is 17.3 Å². The van der Waals surface area contributed by atoms with Crippen LogP contribution in [0.5, 0.6) is 11.5 Å². The molecule has 0 bridgehead atoms. The van der Waals surface area contributed by atoms with Gasteiger partial charge in [0.25, 0.3) is 5.78 Å². The molecular formula is C29H28N4O5. The molecule has 1 saturated heterocycles. The minimum atomic E-state index is -0.907. The summed E-state index contributed by atoms with van der Waals surface area (Å²) >= 11 is 0. The Morgan fingerprint density at radius 3 is 2.26 bits per heavy atom. The highest BCUT2D eigenvalue weighted by molar-refractivity contribution is 6.51. The lowest BCUT2D eigenvalue weighted by molar-refractivity contribution is -0.132. The number of methoxy groups -OCH3 is 2. The number of aliphatic hydroxyl groups is 1. The number of aromatic nitrogens is 2. The van der Waals surface area contributed by atoms with E-state index in [1.54, 1.807) is 57.5 Å². The molecule has 1 aliphatic heterocycles. The summed E-state index contributed by atoms with van der Waals surface area (Å²) in [5.74, 6) is -0.399. The van der Waals surface area contributed by atoms with Gasteiger partial charge in [-0.1, -0.05) is 12.1 Å². The van der Waals surface area contributed by atoms with E-state index in [1.165, 1.54) is 4.90 Å². The standard InChI is InChI=1S/C29H28N4O5/c1-16-14-19(37-4)10-12-21(16)26(34)24-25(17-6-8-18(9-7-17)32(2)3)33(28(36)27(24)35)29-30-22-13-11-20(38-5)15-23(22)31-29/h6-15,25,34H,1-5H3,(H,30,31)/b26-24+. The molecule has 194 valence electrons. The first-order valence-electron chi connectivity index (χ1n) is 12.0. The third kappa shape index (κ3) is 4.11. The molecule has 2 N–H and O–H groups in total. The number of ether oxygens (including phenoxy) is 2. The normalized spacial score (nSPS) is 16.8. The van der Waals surface area contributed by atoms with E-state index >= 15 is 0 Å². The predicted molar refractivity (Wildman–Crippen MR) is 146 cm³/mol. The van der Waals surface area contributed by atoms with E-state index in [1.807, 2.05) is 43.3 Å². The van der Waals surface area contributed by atoms with E-state index in [0.29, 0.717) is 39.2 Å². The minimum absolute atomic E-state index is 0.0149. The summed E-state index contributed by atoms with van der Waals surface area (Å²) in [5.41, 5.74) is 3.98. The Balaban J connectivity index is 1.71. The van der Waals surface area contributed by atoms with Crippen LogP contribution in [-0.2, 0) is 9.59 Å². The summed E-state index contributed by atoms with van der Waals surface area (Å²) in [5, 5.41) is 11.5. The fourth-order valence-corrected chi connectivity index (χ4v) is 4.71. The zero-order chi connectivity index (χ0) is 27.1. The van der Waals surface area contributed by atoms with Crippen LogP contribution in [0.3, 0.4) is 0 Å². The molecule has 5 rings (SSSR count). The molecule has 9 heteroatoms. The summed E-state index contributed by atoms with van der Waals surface area (Å²) in [6.45, 7) is 1.81. The molecule has 0 spiro atoms. The molecule has 1 unspecified atom stereocenters. The third-order valence-corrected chi connectivity index (χ3v) is 6.76. The van der Waals surface area contributed by atoms with E-state index < -0.39 is 17.7 Å². The molecule has 38 heavy (non-hydrogen) atoms. The van der Waals surface area contributed by atoms with Gasteiger partial charge in [-0.3, -0.25) is 14.5 Å². The van der Waals surface area contributed by atoms with Crippen molar-refractivity contribution in [3.63, 3.8) is 0 Å². The number of aromatic amines is 1. The highest BCUT2D eigenvalue weighted by atomic mass is 16.5. The Labute approximate surface area is 219 Å². The molecule has 0 aliphatic carbocycles. The number of carbonyl (C=O) groups excluding carboxylic acids is 2. The molecule has 3 aromatic carbocycles. The number of anilines is 2. The van der Waals surface area contributed by atoms with Crippen molar-refractivity contribution < 1.29 is 24.2 Å². The van der Waals surface area contributed by atoms with Crippen molar-refractivity contribution in [2.45, 2.75) is 13.0 Å². The average Bonchev–Trinajstić information content (AvgIpc) is 3.45. The van der Waals surface area contributed by atoms with Crippen molar-refractivity contribution in [2.75, 3.05) is 38.1 Å². The highest BCUT2D eigenvalue weighted by Crippen LogP contribution is 2.42. The van der Waals surface area contributed by atoms with Gasteiger partial charge in [0.15, 0.2) is 0 Å². The van der Waals surface area contributed by atoms with E-state index in [4.69, 9.17) is 9.47 Å². The number of nitrogens with one attached hydrogen (secondary N) is 1. The van der Waals surface area contributed by atoms with Gasteiger partial charge < -0.3 is 24.5 Å². The Hall–Kier alpha value is -4.79. The number of ketones is 1. The first-order chi connectivity index (χ1) is 18.2. The Kier molecular flexibility index (Phi) is 6.28. The predicted octanol–water partition coefficient (Wildman–Crippen LogP) is 4.58. The van der Waals surface area contributed by atoms with Gasteiger partial charge in [0.05, 0.1) is 36.9 Å². The van der Waals surface area contributed by atoms with Crippen molar-refractivity contribution in [2.24, 2.45) is 0 Å². The molecule has 1 fully saturated rings. The maximum absolute atomic E-state index is 13.5. The van der Waals surface area contributed by atoms with Crippen molar-refractivity contribution >= 4 is 40.1 Å². The van der Waals surface area contributed by atoms with Crippen molar-refractivity contribution in [1.29, 1.82) is 0 Å². The number of amides is 1. The van der Waals surface area contributed by atoms with Crippen LogP contribution in [-0.4, -0.2) is 55.1 Å². The molecular weight excluding hydrogens is 484 g/mol. The lowest BCUT2D eigenvalue weighted by Crippen LogP contribution is -2.30. The number of hydrogen-bond donors (Lipinski definition) is 2. The molecule has 1 aliphatic rings. The SMILES string of the molecule is COc1ccc(/C(O)=C2\C(=O)C(=O)N(c3nc4ccc(OC)cc4[nH]3)C2c2ccc(N(C)C)cc2)c(C)c1. The number of benzene rings is 3. The largest absolute Gasteiger partial charge is 0.507 e. The zero-order valence-corrected chi connectivity index (χ0v) is 21.8. The second-order valence-electron chi connectivity index (χ2n) is 9.28. The van der Waals surface area contributed by atoms with Crippen LogP contribution in [0.15, 0.2) is 66.2 Å². The third-order valence-electron chi connectivity index (χ3n) is 6.76. The van der Waals surface area contributed by atoms with Crippen LogP contribution < -0.4 is 19.3 Å². The smallest absolute Gasteiger partial charge is 0.302 e. The summed E-state index contributed by atoms with van der Waals surface area (Å²) in [4.78, 5) is 38.0. The summed E-state index contributed by atoms with van der Waals surface area (Å²) < 4.78 is 10.6. The van der Waals surface area contributed by atoms with Crippen LogP contribution in [0.2, 0.25) is 0 Å². The maximum atomic E-state index is 13.5. The molecule has 1 aromatic heterocycles. The summed E-state index contributed by atoms with van der Waals surface area (Å²) in [7, 11) is 6.97. The topological polar surface area (TPSA) is 108 Å². The average molecular weight is 513 g/mol. The second-order valence-corrected chi connectivity index (χ2v) is 9.28. The van der Waals surface area contributed by atoms with Crippen LogP contribution in [0, 0.1) is 6.92 Å². The molecule has 0 radical (unpaired) electrons. The Bertz CT molecular complexity index is 1590. The van der Waals surface area contributed by atoms with Gasteiger partial charge in [0.2, 0.25) is 5.95 Å². The number of carbonyl (C=O) groups is 2. The number of hydrogen-bond acceptors (Lipinski definition) is 7. The van der Waals surface area contributed by atoms with Gasteiger partial charge in [-0.05, 0) is 60.5 Å². The van der Waals surface area contributed by atoms with Gasteiger partial charge >= 0.3 is 5.91 Å². The van der Waals surface area contributed by atoms with Crippen LogP contribution in [0.25, 0.3) is 16.8 Å². The number of imidazole rings is 1. The Morgan fingerprint density at radius 1 is 0.974 bits per heavy atom. The number of fused-ring (bicyclic) bond motifs is 1. The molecule has 1 atom stereocenters. The number of aryl methyl sites for hydroxylation is 1. The van der Waals surface area contributed by atoms with Crippen LogP contribution >= 0.6 is 0 Å². The molecule has 9 nitrogen and oxygen atoms in total. The molecule has 2 heterocycles. The zero-order valence-electron chi connectivity index (χ0n) is 21.8. The van der Waals surface area contributed by atoms with Crippen molar-refractivity contribution in [3.8, 4) is 11.5 Å². The molecule has 4 aromatic rings. The number of nitrogens with zero attached hydrogens (tertiary/aromatic N) is 3. The van der Waals surface area contributed by atoms with Crippen molar-refractivity contribution in [1.82, 2.24) is 9.97 Å². The number of Topliss-reactive ketones (excluding diaryl/α,β-unsaturated/α-hetero) is 1. The van der Waals surface area contributed by atoms with Gasteiger partial charge in [-0.2, -0.15) is 0 Å². The van der Waals surface area contributed by atoms with Gasteiger partial charge in [-0.25, -0.2) is 4.98 Å².